The molecule has 0 atom stereocenters. The fraction of sp³-hybridized carbons (Fsp3) is 0.250. The number of halogens is 2. The predicted octanol–water partition coefficient (Wildman–Crippen LogP) is 5.01. The SMILES string of the molecule is Cc1cc(Cl)cc(C)c1Oc1ccc(CCN)cc1Br. The second-order valence-corrected chi connectivity index (χ2v) is 6.06. The molecule has 0 aromatic heterocycles. The molecule has 0 bridgehead atoms. The second-order valence-electron chi connectivity index (χ2n) is 4.77. The number of hydrogen-bond acceptors (Lipinski definition) is 2. The molecule has 0 aliphatic carbocycles. The smallest absolute Gasteiger partial charge is 0.141 e. The molecule has 2 N–H and O–H groups in total. The Morgan fingerprint density at radius 3 is 2.35 bits per heavy atom. The van der Waals surface area contributed by atoms with Crippen molar-refractivity contribution in [3.63, 3.8) is 0 Å². The zero-order chi connectivity index (χ0) is 14.7. The molecule has 0 radical (unpaired) electrons. The highest BCUT2D eigenvalue weighted by atomic mass is 79.9. The summed E-state index contributed by atoms with van der Waals surface area (Å²) in [5.41, 5.74) is 8.80. The van der Waals surface area contributed by atoms with Gasteiger partial charge in [0, 0.05) is 5.02 Å². The summed E-state index contributed by atoms with van der Waals surface area (Å²) in [6, 6.07) is 9.85. The van der Waals surface area contributed by atoms with E-state index in [9.17, 15) is 0 Å². The quantitative estimate of drug-likeness (QED) is 0.837. The lowest BCUT2D eigenvalue weighted by molar-refractivity contribution is 0.472. The average molecular weight is 355 g/mol. The summed E-state index contributed by atoms with van der Waals surface area (Å²) < 4.78 is 6.95. The Kier molecular flexibility index (Phi) is 5.08. The van der Waals surface area contributed by atoms with Crippen LogP contribution in [0, 0.1) is 13.8 Å². The van der Waals surface area contributed by atoms with Crippen LogP contribution in [0.5, 0.6) is 11.5 Å². The molecule has 2 aromatic rings. The van der Waals surface area contributed by atoms with E-state index in [1.54, 1.807) is 0 Å². The van der Waals surface area contributed by atoms with Gasteiger partial charge in [0.15, 0.2) is 0 Å². The van der Waals surface area contributed by atoms with Crippen molar-refractivity contribution in [1.82, 2.24) is 0 Å². The molecule has 0 heterocycles. The van der Waals surface area contributed by atoms with Crippen LogP contribution in [0.25, 0.3) is 0 Å². The lowest BCUT2D eigenvalue weighted by atomic mass is 10.1. The Morgan fingerprint density at radius 2 is 1.80 bits per heavy atom. The van der Waals surface area contributed by atoms with Crippen molar-refractivity contribution in [3.8, 4) is 11.5 Å². The van der Waals surface area contributed by atoms with Crippen LogP contribution >= 0.6 is 27.5 Å². The van der Waals surface area contributed by atoms with Crippen LogP contribution in [-0.2, 0) is 6.42 Å². The molecule has 0 aliphatic rings. The lowest BCUT2D eigenvalue weighted by Crippen LogP contribution is -2.02. The maximum Gasteiger partial charge on any atom is 0.141 e. The fourth-order valence-electron chi connectivity index (χ4n) is 2.12. The van der Waals surface area contributed by atoms with Gasteiger partial charge in [-0.05, 0) is 83.7 Å². The molecule has 0 spiro atoms. The van der Waals surface area contributed by atoms with E-state index < -0.39 is 0 Å². The van der Waals surface area contributed by atoms with Crippen LogP contribution in [0.15, 0.2) is 34.8 Å². The topological polar surface area (TPSA) is 35.2 Å². The van der Waals surface area contributed by atoms with E-state index in [1.807, 2.05) is 44.2 Å². The van der Waals surface area contributed by atoms with E-state index in [4.69, 9.17) is 22.1 Å². The first-order valence-corrected chi connectivity index (χ1v) is 7.61. The second kappa shape index (κ2) is 6.61. The lowest BCUT2D eigenvalue weighted by Gasteiger charge is -2.14. The Morgan fingerprint density at radius 1 is 1.15 bits per heavy atom. The molecular formula is C16H17BrClNO. The number of ether oxygens (including phenoxy) is 1. The van der Waals surface area contributed by atoms with Crippen LogP contribution in [0.1, 0.15) is 16.7 Å². The molecule has 4 heteroatoms. The van der Waals surface area contributed by atoms with Crippen molar-refractivity contribution < 1.29 is 4.74 Å². The van der Waals surface area contributed by atoms with E-state index in [-0.39, 0.29) is 0 Å². The van der Waals surface area contributed by atoms with Gasteiger partial charge >= 0.3 is 0 Å². The Bertz CT molecular complexity index is 605. The summed E-state index contributed by atoms with van der Waals surface area (Å²) in [5, 5.41) is 0.727. The van der Waals surface area contributed by atoms with Gasteiger partial charge in [-0.3, -0.25) is 0 Å². The zero-order valence-corrected chi connectivity index (χ0v) is 13.9. The summed E-state index contributed by atoms with van der Waals surface area (Å²) in [4.78, 5) is 0. The third-order valence-electron chi connectivity index (χ3n) is 3.07. The molecular weight excluding hydrogens is 338 g/mol. The maximum atomic E-state index is 6.04. The van der Waals surface area contributed by atoms with E-state index in [1.165, 1.54) is 5.56 Å². The summed E-state index contributed by atoms with van der Waals surface area (Å²) in [7, 11) is 0. The molecule has 2 aromatic carbocycles. The van der Waals surface area contributed by atoms with Gasteiger partial charge < -0.3 is 10.5 Å². The minimum Gasteiger partial charge on any atom is -0.456 e. The molecule has 0 saturated heterocycles. The van der Waals surface area contributed by atoms with Crippen LogP contribution < -0.4 is 10.5 Å². The number of nitrogens with two attached hydrogens (primary N) is 1. The molecule has 0 aliphatic heterocycles. The Hall–Kier alpha value is -1.03. The summed E-state index contributed by atoms with van der Waals surface area (Å²) >= 11 is 9.58. The molecule has 0 amide bonds. The number of rotatable bonds is 4. The third-order valence-corrected chi connectivity index (χ3v) is 3.90. The van der Waals surface area contributed by atoms with Crippen LogP contribution in [0.4, 0.5) is 0 Å². The molecule has 2 nitrogen and oxygen atoms in total. The van der Waals surface area contributed by atoms with Crippen molar-refractivity contribution in [2.24, 2.45) is 5.73 Å². The largest absolute Gasteiger partial charge is 0.456 e. The minimum absolute atomic E-state index is 0.641. The van der Waals surface area contributed by atoms with E-state index in [0.29, 0.717) is 6.54 Å². The highest BCUT2D eigenvalue weighted by molar-refractivity contribution is 9.10. The Balaban J connectivity index is 2.31. The molecule has 0 unspecified atom stereocenters. The number of aryl methyl sites for hydroxylation is 2. The third kappa shape index (κ3) is 3.54. The molecule has 0 saturated carbocycles. The van der Waals surface area contributed by atoms with Crippen LogP contribution in [-0.4, -0.2) is 6.54 Å². The fourth-order valence-corrected chi connectivity index (χ4v) is 2.95. The molecule has 0 fully saturated rings. The molecule has 20 heavy (non-hydrogen) atoms. The van der Waals surface area contributed by atoms with Gasteiger partial charge in [0.2, 0.25) is 0 Å². The first-order chi connectivity index (χ1) is 9.51. The highest BCUT2D eigenvalue weighted by Crippen LogP contribution is 2.35. The van der Waals surface area contributed by atoms with Gasteiger partial charge in [0.05, 0.1) is 4.47 Å². The van der Waals surface area contributed by atoms with E-state index in [0.717, 1.165) is 38.5 Å². The van der Waals surface area contributed by atoms with Gasteiger partial charge in [0.1, 0.15) is 11.5 Å². The van der Waals surface area contributed by atoms with Gasteiger partial charge in [-0.25, -0.2) is 0 Å². The maximum absolute atomic E-state index is 6.04. The van der Waals surface area contributed by atoms with Crippen molar-refractivity contribution in [1.29, 1.82) is 0 Å². The summed E-state index contributed by atoms with van der Waals surface area (Å²) in [5.74, 6) is 1.64. The highest BCUT2D eigenvalue weighted by Gasteiger charge is 2.10. The summed E-state index contributed by atoms with van der Waals surface area (Å²) in [6.45, 7) is 4.62. The van der Waals surface area contributed by atoms with Gasteiger partial charge in [0.25, 0.3) is 0 Å². The predicted molar refractivity (Wildman–Crippen MR) is 87.9 cm³/mol. The minimum atomic E-state index is 0.641. The number of hydrogen-bond donors (Lipinski definition) is 1. The van der Waals surface area contributed by atoms with E-state index >= 15 is 0 Å². The van der Waals surface area contributed by atoms with E-state index in [2.05, 4.69) is 15.9 Å². The first-order valence-electron chi connectivity index (χ1n) is 6.44. The first kappa shape index (κ1) is 15.4. The molecule has 2 rings (SSSR count). The van der Waals surface area contributed by atoms with Gasteiger partial charge in [-0.2, -0.15) is 0 Å². The van der Waals surface area contributed by atoms with Crippen molar-refractivity contribution in [3.05, 3.63) is 56.5 Å². The average Bonchev–Trinajstić information content (AvgIpc) is 2.36. The summed E-state index contributed by atoms with van der Waals surface area (Å²) in [6.07, 6.45) is 0.859. The monoisotopic (exact) mass is 353 g/mol. The van der Waals surface area contributed by atoms with Crippen LogP contribution in [0.3, 0.4) is 0 Å². The van der Waals surface area contributed by atoms with Gasteiger partial charge in [-0.15, -0.1) is 0 Å². The Labute approximate surface area is 133 Å². The zero-order valence-electron chi connectivity index (χ0n) is 11.5. The van der Waals surface area contributed by atoms with Crippen LogP contribution in [0.2, 0.25) is 5.02 Å². The van der Waals surface area contributed by atoms with Crippen molar-refractivity contribution >= 4 is 27.5 Å². The van der Waals surface area contributed by atoms with Crippen molar-refractivity contribution in [2.75, 3.05) is 6.54 Å². The van der Waals surface area contributed by atoms with Gasteiger partial charge in [-0.1, -0.05) is 17.7 Å². The van der Waals surface area contributed by atoms with Crippen molar-refractivity contribution in [2.45, 2.75) is 20.3 Å². The standard InChI is InChI=1S/C16H17BrClNO/c1-10-7-13(18)8-11(2)16(10)20-15-4-3-12(5-6-19)9-14(15)17/h3-4,7-9H,5-6,19H2,1-2H3. The number of benzene rings is 2. The molecule has 106 valence electrons. The normalized spacial score (nSPS) is 10.7.